The minimum absolute atomic E-state index is 0.709. The maximum absolute atomic E-state index is 4.94. The summed E-state index contributed by atoms with van der Waals surface area (Å²) in [6.45, 7) is 3.72. The van der Waals surface area contributed by atoms with Crippen molar-refractivity contribution >= 4 is 5.76 Å². The van der Waals surface area contributed by atoms with E-state index in [0.717, 1.165) is 5.56 Å². The topological polar surface area (TPSA) is 14.2 Å². The fraction of sp³-hybridized carbons (Fsp3) is 0.250. The van der Waals surface area contributed by atoms with E-state index in [1.165, 1.54) is 0 Å². The Hall–Kier alpha value is -1.18. The maximum atomic E-state index is 4.94. The predicted molar refractivity (Wildman–Crippen MR) is 41.5 cm³/mol. The lowest BCUT2D eigenvalue weighted by atomic mass is 10.3. The van der Waals surface area contributed by atoms with E-state index in [0.29, 0.717) is 5.76 Å². The summed E-state index contributed by atoms with van der Waals surface area (Å²) in [4.78, 5) is 0. The molecule has 1 aromatic heterocycles. The molecule has 0 radical (unpaired) electrons. The van der Waals surface area contributed by atoms with Gasteiger partial charge in [-0.25, -0.2) is 0 Å². The minimum atomic E-state index is 0.709. The molecular weight excluding hydrogens is 126 g/mol. The summed E-state index contributed by atoms with van der Waals surface area (Å²) in [5.41, 5.74) is 1.03. The van der Waals surface area contributed by atoms with Crippen LogP contribution in [-0.4, -0.2) is 11.7 Å². The molecule has 1 heterocycles. The van der Waals surface area contributed by atoms with Crippen molar-refractivity contribution in [1.29, 1.82) is 0 Å². The van der Waals surface area contributed by atoms with Crippen molar-refractivity contribution in [3.8, 4) is 0 Å². The van der Waals surface area contributed by atoms with E-state index in [2.05, 4.69) is 6.58 Å². The first-order valence-corrected chi connectivity index (χ1v) is 3.09. The van der Waals surface area contributed by atoms with Gasteiger partial charge in [-0.3, -0.25) is 0 Å². The van der Waals surface area contributed by atoms with E-state index in [4.69, 9.17) is 4.74 Å². The third-order valence-electron chi connectivity index (χ3n) is 1.40. The lowest BCUT2D eigenvalue weighted by Crippen LogP contribution is -1.82. The SMILES string of the molecule is C=C(OC)c1ccn(C)c1. The molecule has 1 aromatic rings. The number of nitrogens with zero attached hydrogens (tertiary/aromatic N) is 1. The summed E-state index contributed by atoms with van der Waals surface area (Å²) in [5.74, 6) is 0.709. The molecule has 0 aliphatic carbocycles. The molecule has 10 heavy (non-hydrogen) atoms. The second-order valence-electron chi connectivity index (χ2n) is 2.19. The molecule has 0 fully saturated rings. The standard InChI is InChI=1S/C8H11NO/c1-7(10-3)8-4-5-9(2)6-8/h4-6H,1H2,2-3H3. The molecule has 0 amide bonds. The van der Waals surface area contributed by atoms with Crippen LogP contribution in [0.1, 0.15) is 5.56 Å². The quantitative estimate of drug-likeness (QED) is 0.565. The minimum Gasteiger partial charge on any atom is -0.497 e. The van der Waals surface area contributed by atoms with Crippen molar-refractivity contribution in [1.82, 2.24) is 4.57 Å². The summed E-state index contributed by atoms with van der Waals surface area (Å²) in [6, 6.07) is 1.96. The second-order valence-corrected chi connectivity index (χ2v) is 2.19. The Kier molecular flexibility index (Phi) is 1.81. The highest BCUT2D eigenvalue weighted by Crippen LogP contribution is 2.11. The zero-order chi connectivity index (χ0) is 7.56. The average Bonchev–Trinajstić information content (AvgIpc) is 2.34. The molecule has 0 aliphatic rings. The van der Waals surface area contributed by atoms with Gasteiger partial charge < -0.3 is 9.30 Å². The lowest BCUT2D eigenvalue weighted by Gasteiger charge is -1.98. The van der Waals surface area contributed by atoms with E-state index >= 15 is 0 Å². The number of hydrogen-bond acceptors (Lipinski definition) is 1. The molecule has 0 saturated heterocycles. The number of aryl methyl sites for hydroxylation is 1. The molecule has 0 aromatic carbocycles. The summed E-state index contributed by atoms with van der Waals surface area (Å²) in [5, 5.41) is 0. The van der Waals surface area contributed by atoms with Gasteiger partial charge in [0, 0.05) is 25.0 Å². The second kappa shape index (κ2) is 2.60. The fourth-order valence-electron chi connectivity index (χ4n) is 0.786. The fourth-order valence-corrected chi connectivity index (χ4v) is 0.786. The van der Waals surface area contributed by atoms with E-state index in [9.17, 15) is 0 Å². The van der Waals surface area contributed by atoms with Crippen LogP contribution < -0.4 is 0 Å². The van der Waals surface area contributed by atoms with E-state index < -0.39 is 0 Å². The van der Waals surface area contributed by atoms with Gasteiger partial charge in [0.25, 0.3) is 0 Å². The lowest BCUT2D eigenvalue weighted by molar-refractivity contribution is 0.371. The van der Waals surface area contributed by atoms with Crippen LogP contribution in [0.5, 0.6) is 0 Å². The van der Waals surface area contributed by atoms with Crippen LogP contribution in [0.15, 0.2) is 25.0 Å². The molecule has 0 aliphatic heterocycles. The number of methoxy groups -OCH3 is 1. The molecule has 2 heteroatoms. The van der Waals surface area contributed by atoms with Gasteiger partial charge in [-0.2, -0.15) is 0 Å². The van der Waals surface area contributed by atoms with Gasteiger partial charge in [0.05, 0.1) is 7.11 Å². The zero-order valence-corrected chi connectivity index (χ0v) is 6.29. The van der Waals surface area contributed by atoms with E-state index in [1.54, 1.807) is 7.11 Å². The molecule has 0 unspecified atom stereocenters. The van der Waals surface area contributed by atoms with Gasteiger partial charge >= 0.3 is 0 Å². The Balaban J connectivity index is 2.85. The highest BCUT2D eigenvalue weighted by atomic mass is 16.5. The van der Waals surface area contributed by atoms with Crippen molar-refractivity contribution in [2.45, 2.75) is 0 Å². The summed E-state index contributed by atoms with van der Waals surface area (Å²) in [6.07, 6.45) is 3.92. The Bertz CT molecular complexity index is 237. The summed E-state index contributed by atoms with van der Waals surface area (Å²) < 4.78 is 6.90. The van der Waals surface area contributed by atoms with Crippen molar-refractivity contribution < 1.29 is 4.74 Å². The molecule has 0 saturated carbocycles. The Morgan fingerprint density at radius 3 is 2.80 bits per heavy atom. The van der Waals surface area contributed by atoms with Crippen LogP contribution in [0, 0.1) is 0 Å². The van der Waals surface area contributed by atoms with Crippen LogP contribution >= 0.6 is 0 Å². The van der Waals surface area contributed by atoms with Crippen molar-refractivity contribution in [3.63, 3.8) is 0 Å². The molecule has 0 atom stereocenters. The van der Waals surface area contributed by atoms with Crippen LogP contribution in [0.3, 0.4) is 0 Å². The molecular formula is C8H11NO. The molecule has 1 rings (SSSR count). The number of ether oxygens (including phenoxy) is 1. The van der Waals surface area contributed by atoms with Crippen molar-refractivity contribution in [2.75, 3.05) is 7.11 Å². The van der Waals surface area contributed by atoms with Gasteiger partial charge in [-0.1, -0.05) is 6.58 Å². The normalized spacial score (nSPS) is 9.40. The number of aromatic nitrogens is 1. The van der Waals surface area contributed by atoms with E-state index in [1.807, 2.05) is 30.1 Å². The van der Waals surface area contributed by atoms with Gasteiger partial charge in [0.1, 0.15) is 5.76 Å². The monoisotopic (exact) mass is 137 g/mol. The molecule has 0 N–H and O–H groups in total. The van der Waals surface area contributed by atoms with Crippen LogP contribution in [0.4, 0.5) is 0 Å². The molecule has 54 valence electrons. The Labute approximate surface area is 60.7 Å². The molecule has 0 spiro atoms. The summed E-state index contributed by atoms with van der Waals surface area (Å²) >= 11 is 0. The third-order valence-corrected chi connectivity index (χ3v) is 1.40. The first-order valence-electron chi connectivity index (χ1n) is 3.09. The number of hydrogen-bond donors (Lipinski definition) is 0. The average molecular weight is 137 g/mol. The highest BCUT2D eigenvalue weighted by molar-refractivity contribution is 5.56. The first-order chi connectivity index (χ1) is 4.74. The predicted octanol–water partition coefficient (Wildman–Crippen LogP) is 1.64. The van der Waals surface area contributed by atoms with Gasteiger partial charge in [-0.15, -0.1) is 0 Å². The van der Waals surface area contributed by atoms with Crippen molar-refractivity contribution in [2.24, 2.45) is 7.05 Å². The molecule has 2 nitrogen and oxygen atoms in total. The molecule has 0 bridgehead atoms. The summed E-state index contributed by atoms with van der Waals surface area (Å²) in [7, 11) is 3.59. The zero-order valence-electron chi connectivity index (χ0n) is 6.29. The smallest absolute Gasteiger partial charge is 0.120 e. The van der Waals surface area contributed by atoms with Gasteiger partial charge in [0.15, 0.2) is 0 Å². The van der Waals surface area contributed by atoms with E-state index in [-0.39, 0.29) is 0 Å². The van der Waals surface area contributed by atoms with Crippen LogP contribution in [0.25, 0.3) is 5.76 Å². The highest BCUT2D eigenvalue weighted by Gasteiger charge is 1.97. The van der Waals surface area contributed by atoms with Crippen LogP contribution in [-0.2, 0) is 11.8 Å². The van der Waals surface area contributed by atoms with Crippen molar-refractivity contribution in [3.05, 3.63) is 30.6 Å². The number of rotatable bonds is 2. The Morgan fingerprint density at radius 2 is 2.40 bits per heavy atom. The maximum Gasteiger partial charge on any atom is 0.120 e. The van der Waals surface area contributed by atoms with Crippen LogP contribution in [0.2, 0.25) is 0 Å². The largest absolute Gasteiger partial charge is 0.497 e. The van der Waals surface area contributed by atoms with Gasteiger partial charge in [-0.05, 0) is 6.07 Å². The van der Waals surface area contributed by atoms with Gasteiger partial charge in [0.2, 0.25) is 0 Å². The third kappa shape index (κ3) is 1.21. The Morgan fingerprint density at radius 1 is 1.70 bits per heavy atom. The first kappa shape index (κ1) is 6.93.